The average Bonchev–Trinajstić information content (AvgIpc) is 2.32. The molecule has 1 N–H and O–H groups in total. The van der Waals surface area contributed by atoms with Crippen LogP contribution in [0.3, 0.4) is 0 Å². The fraction of sp³-hybridized carbons (Fsp3) is 0.600. The van der Waals surface area contributed by atoms with Crippen molar-refractivity contribution < 1.29 is 27.4 Å². The Morgan fingerprint density at radius 2 is 1.76 bits per heavy atom. The molecule has 0 aliphatic rings. The van der Waals surface area contributed by atoms with Gasteiger partial charge in [-0.15, -0.1) is 0 Å². The Morgan fingerprint density at radius 3 is 2.14 bits per heavy atom. The van der Waals surface area contributed by atoms with Crippen LogP contribution in [-0.4, -0.2) is 17.8 Å². The van der Waals surface area contributed by atoms with E-state index in [0.717, 1.165) is 6.07 Å². The molecule has 0 bridgehead atoms. The van der Waals surface area contributed by atoms with Crippen molar-refractivity contribution in [2.24, 2.45) is 5.41 Å². The molecule has 0 aliphatic heterocycles. The third kappa shape index (κ3) is 4.41. The predicted octanol–water partition coefficient (Wildman–Crippen LogP) is 4.33. The molecule has 1 rings (SSSR count). The summed E-state index contributed by atoms with van der Waals surface area (Å²) in [5, 5.41) is 10.3. The lowest BCUT2D eigenvalue weighted by molar-refractivity contribution is -0.140. The van der Waals surface area contributed by atoms with Crippen LogP contribution in [0.2, 0.25) is 0 Å². The van der Waals surface area contributed by atoms with Gasteiger partial charge in [-0.2, -0.15) is 13.2 Å². The molecule has 21 heavy (non-hydrogen) atoms. The van der Waals surface area contributed by atoms with Gasteiger partial charge in [0.25, 0.3) is 0 Å². The number of alkyl halides is 3. The Labute approximate surface area is 121 Å². The van der Waals surface area contributed by atoms with E-state index in [2.05, 4.69) is 0 Å². The van der Waals surface area contributed by atoms with Gasteiger partial charge in [0.05, 0.1) is 11.7 Å². The Hall–Kier alpha value is -1.14. The molecule has 0 radical (unpaired) electrons. The maximum atomic E-state index is 13.6. The minimum atomic E-state index is -4.75. The molecule has 0 aromatic heterocycles. The molecule has 0 heterocycles. The van der Waals surface area contributed by atoms with Gasteiger partial charge in [-0.05, 0) is 30.0 Å². The van der Waals surface area contributed by atoms with Gasteiger partial charge in [-0.25, -0.2) is 4.39 Å². The number of aliphatic hydroxyl groups is 1. The number of rotatable bonds is 4. The molecule has 2 unspecified atom stereocenters. The van der Waals surface area contributed by atoms with E-state index in [-0.39, 0.29) is 5.56 Å². The molecule has 1 aromatic rings. The molecule has 2 nitrogen and oxygen atoms in total. The summed E-state index contributed by atoms with van der Waals surface area (Å²) >= 11 is 0. The van der Waals surface area contributed by atoms with Crippen molar-refractivity contribution in [3.05, 3.63) is 35.1 Å². The van der Waals surface area contributed by atoms with Crippen LogP contribution in [0.1, 0.15) is 44.9 Å². The van der Waals surface area contributed by atoms with Gasteiger partial charge in [0.1, 0.15) is 11.9 Å². The Bertz CT molecular complexity index is 478. The van der Waals surface area contributed by atoms with Gasteiger partial charge >= 0.3 is 6.18 Å². The molecule has 0 saturated heterocycles. The zero-order chi connectivity index (χ0) is 16.4. The molecular formula is C15H20F4O2. The quantitative estimate of drug-likeness (QED) is 0.839. The van der Waals surface area contributed by atoms with E-state index >= 15 is 0 Å². The Balaban J connectivity index is 3.13. The van der Waals surface area contributed by atoms with Crippen LogP contribution in [0.4, 0.5) is 17.6 Å². The smallest absolute Gasteiger partial charge is 0.386 e. The topological polar surface area (TPSA) is 29.5 Å². The van der Waals surface area contributed by atoms with E-state index in [1.807, 2.05) is 20.8 Å². The zero-order valence-corrected chi connectivity index (χ0v) is 12.5. The van der Waals surface area contributed by atoms with Crippen LogP contribution >= 0.6 is 0 Å². The van der Waals surface area contributed by atoms with Crippen LogP contribution in [-0.2, 0) is 10.9 Å². The SMILES string of the molecule is CCOC(C(O)c1ccc(C(F)(F)F)c(F)c1)C(C)(C)C. The maximum Gasteiger partial charge on any atom is 0.419 e. The number of ether oxygens (including phenoxy) is 1. The lowest BCUT2D eigenvalue weighted by atomic mass is 9.83. The standard InChI is InChI=1S/C15H20F4O2/c1-5-21-13(14(2,3)4)12(20)9-6-7-10(11(16)8-9)15(17,18)19/h6-8,12-13,20H,5H2,1-4H3. The molecule has 0 fully saturated rings. The van der Waals surface area contributed by atoms with Gasteiger partial charge in [0.15, 0.2) is 0 Å². The van der Waals surface area contributed by atoms with Crippen molar-refractivity contribution in [1.29, 1.82) is 0 Å². The Morgan fingerprint density at radius 1 is 1.19 bits per heavy atom. The normalized spacial score (nSPS) is 15.9. The number of halogens is 4. The van der Waals surface area contributed by atoms with Crippen molar-refractivity contribution in [1.82, 2.24) is 0 Å². The highest BCUT2D eigenvalue weighted by molar-refractivity contribution is 5.28. The second kappa shape index (κ2) is 6.32. The molecule has 0 aliphatic carbocycles. The monoisotopic (exact) mass is 308 g/mol. The zero-order valence-electron chi connectivity index (χ0n) is 12.5. The lowest BCUT2D eigenvalue weighted by Crippen LogP contribution is -2.35. The largest absolute Gasteiger partial charge is 0.419 e. The molecule has 1 aromatic carbocycles. The van der Waals surface area contributed by atoms with Gasteiger partial charge < -0.3 is 9.84 Å². The minimum Gasteiger partial charge on any atom is -0.386 e. The summed E-state index contributed by atoms with van der Waals surface area (Å²) in [6.07, 6.45) is -6.61. The van der Waals surface area contributed by atoms with E-state index < -0.39 is 35.2 Å². The van der Waals surface area contributed by atoms with E-state index in [0.29, 0.717) is 18.7 Å². The van der Waals surface area contributed by atoms with Crippen LogP contribution in [0.25, 0.3) is 0 Å². The second-order valence-electron chi connectivity index (χ2n) is 5.92. The predicted molar refractivity (Wildman–Crippen MR) is 71.2 cm³/mol. The summed E-state index contributed by atoms with van der Waals surface area (Å²) < 4.78 is 56.6. The van der Waals surface area contributed by atoms with Crippen LogP contribution in [0.5, 0.6) is 0 Å². The van der Waals surface area contributed by atoms with E-state index in [9.17, 15) is 22.7 Å². The minimum absolute atomic E-state index is 0.0638. The summed E-state index contributed by atoms with van der Waals surface area (Å²) in [6.45, 7) is 7.58. The number of benzene rings is 1. The average molecular weight is 308 g/mol. The molecule has 6 heteroatoms. The summed E-state index contributed by atoms with van der Waals surface area (Å²) in [7, 11) is 0. The third-order valence-electron chi connectivity index (χ3n) is 3.13. The first-order valence-corrected chi connectivity index (χ1v) is 6.64. The number of aliphatic hydroxyl groups excluding tert-OH is 1. The van der Waals surface area contributed by atoms with Gasteiger partial charge in [0, 0.05) is 6.61 Å². The number of hydrogen-bond acceptors (Lipinski definition) is 2. The van der Waals surface area contributed by atoms with Crippen molar-refractivity contribution in [2.45, 2.75) is 46.1 Å². The van der Waals surface area contributed by atoms with Crippen molar-refractivity contribution >= 4 is 0 Å². The van der Waals surface area contributed by atoms with Crippen LogP contribution < -0.4 is 0 Å². The Kier molecular flexibility index (Phi) is 5.39. The van der Waals surface area contributed by atoms with Crippen molar-refractivity contribution in [3.8, 4) is 0 Å². The summed E-state index contributed by atoms with van der Waals surface area (Å²) in [4.78, 5) is 0. The first-order valence-electron chi connectivity index (χ1n) is 6.64. The highest BCUT2D eigenvalue weighted by Gasteiger charge is 2.36. The first kappa shape index (κ1) is 17.9. The second-order valence-corrected chi connectivity index (χ2v) is 5.92. The van der Waals surface area contributed by atoms with E-state index in [1.54, 1.807) is 6.92 Å². The van der Waals surface area contributed by atoms with Crippen LogP contribution in [0, 0.1) is 11.2 Å². The highest BCUT2D eigenvalue weighted by atomic mass is 19.4. The molecule has 2 atom stereocenters. The van der Waals surface area contributed by atoms with Crippen molar-refractivity contribution in [3.63, 3.8) is 0 Å². The first-order chi connectivity index (χ1) is 9.48. The van der Waals surface area contributed by atoms with E-state index in [4.69, 9.17) is 4.74 Å². The molecular weight excluding hydrogens is 288 g/mol. The fourth-order valence-corrected chi connectivity index (χ4v) is 2.11. The molecule has 120 valence electrons. The fourth-order valence-electron chi connectivity index (χ4n) is 2.11. The summed E-state index contributed by atoms with van der Waals surface area (Å²) in [5.41, 5.74) is -1.73. The lowest BCUT2D eigenvalue weighted by Gasteiger charge is -2.34. The summed E-state index contributed by atoms with van der Waals surface area (Å²) in [5.74, 6) is -1.40. The molecule has 0 spiro atoms. The summed E-state index contributed by atoms with van der Waals surface area (Å²) in [6, 6.07) is 2.43. The molecule has 0 saturated carbocycles. The van der Waals surface area contributed by atoms with Crippen LogP contribution in [0.15, 0.2) is 18.2 Å². The van der Waals surface area contributed by atoms with Gasteiger partial charge in [-0.1, -0.05) is 26.8 Å². The van der Waals surface area contributed by atoms with Gasteiger partial charge in [-0.3, -0.25) is 0 Å². The third-order valence-corrected chi connectivity index (χ3v) is 3.13. The van der Waals surface area contributed by atoms with Gasteiger partial charge in [0.2, 0.25) is 0 Å². The maximum absolute atomic E-state index is 13.6. The van der Waals surface area contributed by atoms with E-state index in [1.165, 1.54) is 0 Å². The van der Waals surface area contributed by atoms with Crippen molar-refractivity contribution in [2.75, 3.05) is 6.61 Å². The molecule has 0 amide bonds. The number of hydrogen-bond donors (Lipinski definition) is 1. The highest BCUT2D eigenvalue weighted by Crippen LogP contribution is 2.36.